The van der Waals surface area contributed by atoms with Gasteiger partial charge in [-0.1, -0.05) is 5.21 Å². The van der Waals surface area contributed by atoms with Crippen molar-refractivity contribution in [3.63, 3.8) is 0 Å². The molecule has 0 aliphatic rings. The van der Waals surface area contributed by atoms with E-state index < -0.39 is 0 Å². The van der Waals surface area contributed by atoms with Crippen molar-refractivity contribution in [3.8, 4) is 0 Å². The van der Waals surface area contributed by atoms with Gasteiger partial charge in [0.1, 0.15) is 0 Å². The summed E-state index contributed by atoms with van der Waals surface area (Å²) in [6, 6.07) is 0. The van der Waals surface area contributed by atoms with Crippen molar-refractivity contribution >= 4 is 0 Å². The van der Waals surface area contributed by atoms with Crippen LogP contribution in [-0.2, 0) is 6.42 Å². The van der Waals surface area contributed by atoms with Gasteiger partial charge in [0.15, 0.2) is 0 Å². The number of aliphatic hydroxyl groups excluding tert-OH is 2. The van der Waals surface area contributed by atoms with Gasteiger partial charge in [0.25, 0.3) is 5.56 Å². The summed E-state index contributed by atoms with van der Waals surface area (Å²) in [4.78, 5) is 11.1. The summed E-state index contributed by atoms with van der Waals surface area (Å²) in [6.45, 7) is -0.309. The zero-order valence-corrected chi connectivity index (χ0v) is 6.97. The fourth-order valence-electron chi connectivity index (χ4n) is 0.947. The minimum atomic E-state index is -0.332. The van der Waals surface area contributed by atoms with E-state index in [1.165, 1.54) is 6.20 Å². The van der Waals surface area contributed by atoms with Gasteiger partial charge in [-0.15, -0.1) is 5.10 Å². The van der Waals surface area contributed by atoms with E-state index in [-0.39, 0.29) is 24.7 Å². The molecule has 1 rings (SSSR count). The van der Waals surface area contributed by atoms with Crippen molar-refractivity contribution in [1.82, 2.24) is 15.4 Å². The van der Waals surface area contributed by atoms with Crippen LogP contribution in [-0.4, -0.2) is 38.8 Å². The van der Waals surface area contributed by atoms with E-state index in [0.717, 1.165) is 0 Å². The van der Waals surface area contributed by atoms with Crippen LogP contribution in [0.4, 0.5) is 0 Å². The summed E-state index contributed by atoms with van der Waals surface area (Å²) >= 11 is 0. The van der Waals surface area contributed by atoms with Crippen LogP contribution in [0.5, 0.6) is 0 Å². The molecule has 0 aromatic carbocycles. The van der Waals surface area contributed by atoms with Crippen LogP contribution in [0, 0.1) is 5.92 Å². The lowest BCUT2D eigenvalue weighted by molar-refractivity contribution is 0.150. The third-order valence-corrected chi connectivity index (χ3v) is 1.74. The molecular weight excluding hydrogens is 174 g/mol. The number of aromatic nitrogens is 3. The number of H-pyrrole nitrogens is 1. The van der Waals surface area contributed by atoms with Gasteiger partial charge in [0.05, 0.1) is 6.20 Å². The Morgan fingerprint density at radius 1 is 1.46 bits per heavy atom. The molecule has 0 amide bonds. The Balaban J connectivity index is 2.73. The van der Waals surface area contributed by atoms with Crippen LogP contribution in [0.15, 0.2) is 11.0 Å². The molecule has 0 fully saturated rings. The van der Waals surface area contributed by atoms with Gasteiger partial charge in [-0.2, -0.15) is 0 Å². The van der Waals surface area contributed by atoms with E-state index >= 15 is 0 Å². The van der Waals surface area contributed by atoms with Gasteiger partial charge in [0.2, 0.25) is 0 Å². The maximum Gasteiger partial charge on any atom is 0.270 e. The zero-order valence-electron chi connectivity index (χ0n) is 6.97. The Bertz CT molecular complexity index is 308. The van der Waals surface area contributed by atoms with E-state index in [1.54, 1.807) is 0 Å². The minimum absolute atomic E-state index is 0.155. The molecule has 0 saturated heterocycles. The molecule has 0 saturated carbocycles. The highest BCUT2D eigenvalue weighted by atomic mass is 16.3. The largest absolute Gasteiger partial charge is 0.396 e. The molecule has 1 aromatic heterocycles. The molecule has 0 aliphatic heterocycles. The molecule has 3 N–H and O–H groups in total. The van der Waals surface area contributed by atoms with Crippen molar-refractivity contribution in [2.75, 3.05) is 13.2 Å². The first-order valence-corrected chi connectivity index (χ1v) is 3.89. The minimum Gasteiger partial charge on any atom is -0.396 e. The molecule has 1 heterocycles. The number of hydrogen-bond acceptors (Lipinski definition) is 5. The predicted molar refractivity (Wildman–Crippen MR) is 44.0 cm³/mol. The molecule has 6 heteroatoms. The highest BCUT2D eigenvalue weighted by molar-refractivity contribution is 5.02. The lowest BCUT2D eigenvalue weighted by Gasteiger charge is -2.08. The Morgan fingerprint density at radius 2 is 2.15 bits per heavy atom. The highest BCUT2D eigenvalue weighted by Gasteiger charge is 2.09. The van der Waals surface area contributed by atoms with E-state index in [2.05, 4.69) is 15.4 Å². The molecule has 1 aromatic rings. The summed E-state index contributed by atoms with van der Waals surface area (Å²) in [6.07, 6.45) is 1.63. The fourth-order valence-corrected chi connectivity index (χ4v) is 0.947. The number of aromatic amines is 1. The Labute approximate surface area is 74.2 Å². The molecule has 0 aliphatic carbocycles. The lowest BCUT2D eigenvalue weighted by Crippen LogP contribution is -2.21. The lowest BCUT2D eigenvalue weighted by atomic mass is 10.0. The number of hydrogen-bond donors (Lipinski definition) is 3. The maximum absolute atomic E-state index is 11.1. The fraction of sp³-hybridized carbons (Fsp3) is 0.571. The van der Waals surface area contributed by atoms with E-state index in [0.29, 0.717) is 12.0 Å². The number of nitrogens with one attached hydrogen (secondary N) is 1. The molecule has 0 bridgehead atoms. The van der Waals surface area contributed by atoms with Crippen LogP contribution in [0.3, 0.4) is 0 Å². The molecule has 13 heavy (non-hydrogen) atoms. The van der Waals surface area contributed by atoms with Crippen molar-refractivity contribution in [2.24, 2.45) is 5.92 Å². The number of aliphatic hydroxyl groups is 2. The average molecular weight is 185 g/mol. The summed E-state index contributed by atoms with van der Waals surface area (Å²) in [7, 11) is 0. The Morgan fingerprint density at radius 3 is 2.69 bits per heavy atom. The van der Waals surface area contributed by atoms with E-state index in [1.807, 2.05) is 0 Å². The second kappa shape index (κ2) is 4.68. The summed E-state index contributed by atoms with van der Waals surface area (Å²) in [5.41, 5.74) is 0.0880. The van der Waals surface area contributed by atoms with Gasteiger partial charge in [-0.25, -0.2) is 5.10 Å². The SMILES string of the molecule is O=c1[nH]nncc1CC(CO)CO. The first-order chi connectivity index (χ1) is 6.27. The molecule has 0 radical (unpaired) electrons. The second-order valence-corrected chi connectivity index (χ2v) is 2.75. The third kappa shape index (κ3) is 2.60. The molecule has 72 valence electrons. The topological polar surface area (TPSA) is 99.1 Å². The quantitative estimate of drug-likeness (QED) is 0.519. The van der Waals surface area contributed by atoms with Crippen LogP contribution in [0.2, 0.25) is 0 Å². The highest BCUT2D eigenvalue weighted by Crippen LogP contribution is 2.01. The van der Waals surface area contributed by atoms with Gasteiger partial charge < -0.3 is 10.2 Å². The first-order valence-electron chi connectivity index (χ1n) is 3.89. The molecular formula is C7H11N3O3. The summed E-state index contributed by atoms with van der Waals surface area (Å²) in [5.74, 6) is -0.315. The number of nitrogens with zero attached hydrogens (tertiary/aromatic N) is 2. The van der Waals surface area contributed by atoms with Gasteiger partial charge in [-0.3, -0.25) is 4.79 Å². The summed E-state index contributed by atoms with van der Waals surface area (Å²) < 4.78 is 0. The van der Waals surface area contributed by atoms with Gasteiger partial charge in [0, 0.05) is 24.7 Å². The van der Waals surface area contributed by atoms with Gasteiger partial charge in [-0.05, 0) is 6.42 Å². The third-order valence-electron chi connectivity index (χ3n) is 1.74. The van der Waals surface area contributed by atoms with Crippen molar-refractivity contribution in [2.45, 2.75) is 6.42 Å². The monoisotopic (exact) mass is 185 g/mol. The Kier molecular flexibility index (Phi) is 3.53. The van der Waals surface area contributed by atoms with Crippen molar-refractivity contribution < 1.29 is 10.2 Å². The van der Waals surface area contributed by atoms with Crippen LogP contribution in [0.25, 0.3) is 0 Å². The second-order valence-electron chi connectivity index (χ2n) is 2.75. The molecule has 6 nitrogen and oxygen atoms in total. The van der Waals surface area contributed by atoms with E-state index in [9.17, 15) is 4.79 Å². The smallest absolute Gasteiger partial charge is 0.270 e. The number of rotatable bonds is 4. The van der Waals surface area contributed by atoms with E-state index in [4.69, 9.17) is 10.2 Å². The first kappa shape index (κ1) is 9.82. The Hall–Kier alpha value is -1.27. The average Bonchev–Trinajstić information content (AvgIpc) is 2.17. The standard InChI is InChI=1S/C7H11N3O3/c11-3-5(4-12)1-6-2-8-10-9-7(6)13/h2,5,11-12H,1,3-4H2,(H,8,9,13). The molecule has 0 spiro atoms. The van der Waals surface area contributed by atoms with Crippen molar-refractivity contribution in [1.29, 1.82) is 0 Å². The molecule has 0 unspecified atom stereocenters. The van der Waals surface area contributed by atoms with Crippen LogP contribution in [0.1, 0.15) is 5.56 Å². The predicted octanol–water partition coefficient (Wildman–Crippen LogP) is -1.69. The maximum atomic E-state index is 11.1. The summed E-state index contributed by atoms with van der Waals surface area (Å²) in [5, 5.41) is 26.5. The zero-order chi connectivity index (χ0) is 9.68. The normalized spacial score (nSPS) is 10.7. The molecule has 0 atom stereocenters. The van der Waals surface area contributed by atoms with Crippen molar-refractivity contribution in [3.05, 3.63) is 22.1 Å². The van der Waals surface area contributed by atoms with Crippen LogP contribution >= 0.6 is 0 Å². The van der Waals surface area contributed by atoms with Gasteiger partial charge >= 0.3 is 0 Å². The van der Waals surface area contributed by atoms with Crippen LogP contribution < -0.4 is 5.56 Å².